The van der Waals surface area contributed by atoms with Crippen molar-refractivity contribution in [1.82, 2.24) is 4.98 Å². The van der Waals surface area contributed by atoms with Gasteiger partial charge in [-0.25, -0.2) is 0 Å². The van der Waals surface area contributed by atoms with Gasteiger partial charge in [-0.3, -0.25) is 9.78 Å². The lowest BCUT2D eigenvalue weighted by Crippen LogP contribution is -2.15. The highest BCUT2D eigenvalue weighted by molar-refractivity contribution is 5.77. The third-order valence-corrected chi connectivity index (χ3v) is 2.95. The Morgan fingerprint density at radius 2 is 2.07 bits per heavy atom. The SMILES string of the molecule is O=C(O)C1(CCc2ccncc2)CC1. The Balaban J connectivity index is 1.92. The number of pyridine rings is 1. The van der Waals surface area contributed by atoms with Crippen LogP contribution in [0.2, 0.25) is 0 Å². The number of aromatic nitrogens is 1. The lowest BCUT2D eigenvalue weighted by molar-refractivity contribution is -0.143. The van der Waals surface area contributed by atoms with E-state index >= 15 is 0 Å². The minimum absolute atomic E-state index is 0.400. The average Bonchev–Trinajstić information content (AvgIpc) is 2.97. The van der Waals surface area contributed by atoms with Gasteiger partial charge in [0.25, 0.3) is 0 Å². The largest absolute Gasteiger partial charge is 0.481 e. The molecule has 0 radical (unpaired) electrons. The lowest BCUT2D eigenvalue weighted by Gasteiger charge is -2.08. The van der Waals surface area contributed by atoms with E-state index in [1.54, 1.807) is 12.4 Å². The number of carbonyl (C=O) groups is 1. The Hall–Kier alpha value is -1.38. The Labute approximate surface area is 82.8 Å². The van der Waals surface area contributed by atoms with E-state index in [4.69, 9.17) is 5.11 Å². The van der Waals surface area contributed by atoms with E-state index in [-0.39, 0.29) is 0 Å². The molecule has 74 valence electrons. The van der Waals surface area contributed by atoms with Crippen molar-refractivity contribution in [2.75, 3.05) is 0 Å². The molecule has 0 aromatic carbocycles. The second-order valence-corrected chi connectivity index (χ2v) is 3.94. The van der Waals surface area contributed by atoms with Gasteiger partial charge in [0.1, 0.15) is 0 Å². The van der Waals surface area contributed by atoms with Crippen LogP contribution in [0.4, 0.5) is 0 Å². The van der Waals surface area contributed by atoms with Crippen molar-refractivity contribution in [3.05, 3.63) is 30.1 Å². The maximum absolute atomic E-state index is 10.9. The van der Waals surface area contributed by atoms with E-state index in [2.05, 4.69) is 4.98 Å². The van der Waals surface area contributed by atoms with Crippen LogP contribution in [0.1, 0.15) is 24.8 Å². The summed E-state index contributed by atoms with van der Waals surface area (Å²) in [5.41, 5.74) is 0.774. The summed E-state index contributed by atoms with van der Waals surface area (Å²) in [6, 6.07) is 3.88. The minimum Gasteiger partial charge on any atom is -0.481 e. The maximum Gasteiger partial charge on any atom is 0.309 e. The molecule has 1 N–H and O–H groups in total. The molecule has 1 fully saturated rings. The fraction of sp³-hybridized carbons (Fsp3) is 0.455. The number of nitrogens with zero attached hydrogens (tertiary/aromatic N) is 1. The Morgan fingerprint density at radius 3 is 2.57 bits per heavy atom. The summed E-state index contributed by atoms with van der Waals surface area (Å²) in [5, 5.41) is 8.97. The van der Waals surface area contributed by atoms with Crippen molar-refractivity contribution >= 4 is 5.97 Å². The van der Waals surface area contributed by atoms with Gasteiger partial charge < -0.3 is 5.11 Å². The molecule has 3 heteroatoms. The van der Waals surface area contributed by atoms with Crippen LogP contribution in [0.15, 0.2) is 24.5 Å². The fourth-order valence-corrected chi connectivity index (χ4v) is 1.65. The second kappa shape index (κ2) is 3.40. The van der Waals surface area contributed by atoms with E-state index in [0.29, 0.717) is 0 Å². The zero-order valence-electron chi connectivity index (χ0n) is 7.94. The van der Waals surface area contributed by atoms with E-state index in [9.17, 15) is 4.79 Å². The molecule has 0 aliphatic heterocycles. The van der Waals surface area contributed by atoms with Crippen LogP contribution in [-0.4, -0.2) is 16.1 Å². The molecule has 0 spiro atoms. The van der Waals surface area contributed by atoms with Crippen molar-refractivity contribution in [2.24, 2.45) is 5.41 Å². The molecule has 0 atom stereocenters. The molecule has 1 aromatic rings. The summed E-state index contributed by atoms with van der Waals surface area (Å²) in [7, 11) is 0. The molecule has 1 saturated carbocycles. The number of hydrogen-bond acceptors (Lipinski definition) is 2. The Bertz CT molecular complexity index is 330. The van der Waals surface area contributed by atoms with Crippen LogP contribution in [-0.2, 0) is 11.2 Å². The second-order valence-electron chi connectivity index (χ2n) is 3.94. The zero-order valence-corrected chi connectivity index (χ0v) is 7.94. The highest BCUT2D eigenvalue weighted by Crippen LogP contribution is 2.49. The van der Waals surface area contributed by atoms with Gasteiger partial charge in [-0.2, -0.15) is 0 Å². The molecular formula is C11H13NO2. The number of rotatable bonds is 4. The molecule has 2 rings (SSSR count). The molecule has 1 aromatic heterocycles. The highest BCUT2D eigenvalue weighted by atomic mass is 16.4. The number of aryl methyl sites for hydroxylation is 1. The van der Waals surface area contributed by atoms with Crippen LogP contribution in [0.5, 0.6) is 0 Å². The first-order valence-electron chi connectivity index (χ1n) is 4.85. The third kappa shape index (κ3) is 1.76. The summed E-state index contributed by atoms with van der Waals surface area (Å²) in [6.45, 7) is 0. The minimum atomic E-state index is -0.633. The molecule has 1 aliphatic carbocycles. The molecular weight excluding hydrogens is 178 g/mol. The number of carboxylic acids is 1. The molecule has 0 saturated heterocycles. The maximum atomic E-state index is 10.9. The number of hydrogen-bond donors (Lipinski definition) is 1. The summed E-state index contributed by atoms with van der Waals surface area (Å²) >= 11 is 0. The Morgan fingerprint density at radius 1 is 1.43 bits per heavy atom. The van der Waals surface area contributed by atoms with E-state index < -0.39 is 11.4 Å². The topological polar surface area (TPSA) is 50.2 Å². The van der Waals surface area contributed by atoms with Gasteiger partial charge in [0.2, 0.25) is 0 Å². The number of aliphatic carboxylic acids is 1. The van der Waals surface area contributed by atoms with Crippen molar-refractivity contribution in [1.29, 1.82) is 0 Å². The van der Waals surface area contributed by atoms with Crippen molar-refractivity contribution < 1.29 is 9.90 Å². The highest BCUT2D eigenvalue weighted by Gasteiger charge is 2.49. The third-order valence-electron chi connectivity index (χ3n) is 2.95. The smallest absolute Gasteiger partial charge is 0.309 e. The molecule has 0 unspecified atom stereocenters. The fourth-order valence-electron chi connectivity index (χ4n) is 1.65. The predicted molar refractivity (Wildman–Crippen MR) is 51.9 cm³/mol. The first-order valence-corrected chi connectivity index (χ1v) is 4.85. The summed E-state index contributed by atoms with van der Waals surface area (Å²) in [6.07, 6.45) is 6.77. The zero-order chi connectivity index (χ0) is 10.0. The first kappa shape index (κ1) is 9.19. The normalized spacial score (nSPS) is 17.7. The van der Waals surface area contributed by atoms with E-state index in [1.165, 1.54) is 5.56 Å². The molecule has 14 heavy (non-hydrogen) atoms. The van der Waals surface area contributed by atoms with E-state index in [1.807, 2.05) is 12.1 Å². The van der Waals surface area contributed by atoms with Crippen LogP contribution in [0.3, 0.4) is 0 Å². The Kier molecular flexibility index (Phi) is 2.23. The summed E-state index contributed by atoms with van der Waals surface area (Å²) in [4.78, 5) is 14.8. The lowest BCUT2D eigenvalue weighted by atomic mass is 9.97. The molecule has 1 heterocycles. The van der Waals surface area contributed by atoms with E-state index in [0.717, 1.165) is 25.7 Å². The molecule has 0 bridgehead atoms. The summed E-state index contributed by atoms with van der Waals surface area (Å²) in [5.74, 6) is -0.633. The van der Waals surface area contributed by atoms with Gasteiger partial charge in [0.05, 0.1) is 5.41 Å². The van der Waals surface area contributed by atoms with Crippen LogP contribution < -0.4 is 0 Å². The summed E-state index contributed by atoms with van der Waals surface area (Å²) < 4.78 is 0. The first-order chi connectivity index (χ1) is 6.73. The van der Waals surface area contributed by atoms with Crippen molar-refractivity contribution in [3.63, 3.8) is 0 Å². The van der Waals surface area contributed by atoms with Crippen molar-refractivity contribution in [3.8, 4) is 0 Å². The van der Waals surface area contributed by atoms with Gasteiger partial charge in [-0.1, -0.05) is 0 Å². The monoisotopic (exact) mass is 191 g/mol. The molecule has 3 nitrogen and oxygen atoms in total. The average molecular weight is 191 g/mol. The van der Waals surface area contributed by atoms with Gasteiger partial charge >= 0.3 is 5.97 Å². The molecule has 1 aliphatic rings. The molecule has 0 amide bonds. The van der Waals surface area contributed by atoms with Gasteiger partial charge in [-0.05, 0) is 43.4 Å². The quantitative estimate of drug-likeness (QED) is 0.790. The standard InChI is InChI=1S/C11H13NO2/c13-10(14)11(5-6-11)4-1-9-2-7-12-8-3-9/h2-3,7-8H,1,4-6H2,(H,13,14). The van der Waals surface area contributed by atoms with Crippen LogP contribution in [0, 0.1) is 5.41 Å². The van der Waals surface area contributed by atoms with Gasteiger partial charge in [0.15, 0.2) is 0 Å². The van der Waals surface area contributed by atoms with Crippen LogP contribution >= 0.6 is 0 Å². The number of carboxylic acid groups (broad SMARTS) is 1. The van der Waals surface area contributed by atoms with Gasteiger partial charge in [0, 0.05) is 12.4 Å². The van der Waals surface area contributed by atoms with Gasteiger partial charge in [-0.15, -0.1) is 0 Å². The predicted octanol–water partition coefficient (Wildman–Crippen LogP) is 1.88. The van der Waals surface area contributed by atoms with Crippen molar-refractivity contribution in [2.45, 2.75) is 25.7 Å². The van der Waals surface area contributed by atoms with Crippen LogP contribution in [0.25, 0.3) is 0 Å².